The second-order valence-corrected chi connectivity index (χ2v) is 9.46. The number of hydrogen-bond acceptors (Lipinski definition) is 5. The summed E-state index contributed by atoms with van der Waals surface area (Å²) in [5, 5.41) is 9.48. The van der Waals surface area contributed by atoms with Crippen molar-refractivity contribution in [1.82, 2.24) is 20.5 Å². The highest BCUT2D eigenvalue weighted by atomic mass is 35.5. The van der Waals surface area contributed by atoms with E-state index in [-0.39, 0.29) is 30.3 Å². The van der Waals surface area contributed by atoms with E-state index in [9.17, 15) is 9.59 Å². The Morgan fingerprint density at radius 2 is 1.69 bits per heavy atom. The summed E-state index contributed by atoms with van der Waals surface area (Å²) in [7, 11) is 0. The number of hydrogen-bond donors (Lipinski definition) is 2. The van der Waals surface area contributed by atoms with Gasteiger partial charge in [-0.25, -0.2) is 4.98 Å². The second-order valence-electron chi connectivity index (χ2n) is 8.60. The minimum Gasteiger partial charge on any atom is -0.356 e. The van der Waals surface area contributed by atoms with Gasteiger partial charge in [-0.2, -0.15) is 0 Å². The minimum atomic E-state index is 0. The molecule has 2 N–H and O–H groups in total. The number of aromatic nitrogens is 1. The van der Waals surface area contributed by atoms with Crippen LogP contribution in [0.25, 0.3) is 10.6 Å². The summed E-state index contributed by atoms with van der Waals surface area (Å²) in [5.74, 6) is 0.135. The number of nitrogens with zero attached hydrogens (tertiary/aromatic N) is 2. The molecule has 1 fully saturated rings. The fraction of sp³-hybridized carbons (Fsp3) is 0.370. The number of thiazole rings is 1. The molecule has 4 rings (SSSR count). The van der Waals surface area contributed by atoms with Gasteiger partial charge in [-0.1, -0.05) is 60.7 Å². The van der Waals surface area contributed by atoms with E-state index in [4.69, 9.17) is 0 Å². The number of carbonyl (C=O) groups excluding carboxylic acids is 2. The molecule has 0 aliphatic carbocycles. The summed E-state index contributed by atoms with van der Waals surface area (Å²) in [6.45, 7) is 2.74. The van der Waals surface area contributed by atoms with Crippen molar-refractivity contribution < 1.29 is 9.59 Å². The molecule has 0 spiro atoms. The van der Waals surface area contributed by atoms with Crippen molar-refractivity contribution in [3.8, 4) is 10.6 Å². The Morgan fingerprint density at radius 3 is 2.46 bits per heavy atom. The van der Waals surface area contributed by atoms with E-state index < -0.39 is 0 Å². The molecule has 1 aliphatic rings. The van der Waals surface area contributed by atoms with Crippen LogP contribution in [-0.4, -0.2) is 47.9 Å². The number of benzene rings is 2. The van der Waals surface area contributed by atoms with Gasteiger partial charge >= 0.3 is 0 Å². The van der Waals surface area contributed by atoms with Gasteiger partial charge in [0.15, 0.2) is 0 Å². The molecule has 1 aliphatic heterocycles. The molecular weight excluding hydrogens is 480 g/mol. The van der Waals surface area contributed by atoms with Gasteiger partial charge < -0.3 is 15.5 Å². The summed E-state index contributed by atoms with van der Waals surface area (Å²) in [6.07, 6.45) is 3.34. The smallest absolute Gasteiger partial charge is 0.228 e. The lowest BCUT2D eigenvalue weighted by molar-refractivity contribution is -0.130. The lowest BCUT2D eigenvalue weighted by Crippen LogP contribution is -2.36. The zero-order valence-corrected chi connectivity index (χ0v) is 21.5. The van der Waals surface area contributed by atoms with Crippen LogP contribution in [0.15, 0.2) is 66.0 Å². The maximum absolute atomic E-state index is 13.1. The number of nitrogens with one attached hydrogen (secondary N) is 2. The average Bonchev–Trinajstić information content (AvgIpc) is 3.33. The molecule has 35 heavy (non-hydrogen) atoms. The van der Waals surface area contributed by atoms with Crippen LogP contribution < -0.4 is 10.6 Å². The van der Waals surface area contributed by atoms with Crippen molar-refractivity contribution in [3.63, 3.8) is 0 Å². The van der Waals surface area contributed by atoms with Gasteiger partial charge in [-0.3, -0.25) is 9.59 Å². The fourth-order valence-electron chi connectivity index (χ4n) is 4.18. The molecule has 0 bridgehead atoms. The zero-order valence-electron chi connectivity index (χ0n) is 19.8. The quantitative estimate of drug-likeness (QED) is 0.534. The molecule has 1 saturated heterocycles. The first-order valence-corrected chi connectivity index (χ1v) is 12.9. The molecule has 0 saturated carbocycles. The van der Waals surface area contributed by atoms with Crippen LogP contribution in [0.4, 0.5) is 0 Å². The summed E-state index contributed by atoms with van der Waals surface area (Å²) in [6, 6.07) is 20.2. The van der Waals surface area contributed by atoms with Crippen LogP contribution in [0.1, 0.15) is 43.0 Å². The van der Waals surface area contributed by atoms with E-state index in [2.05, 4.69) is 27.8 Å². The minimum absolute atomic E-state index is 0. The number of halogens is 1. The van der Waals surface area contributed by atoms with Crippen LogP contribution >= 0.6 is 23.7 Å². The van der Waals surface area contributed by atoms with Crippen LogP contribution in [0.5, 0.6) is 0 Å². The summed E-state index contributed by atoms with van der Waals surface area (Å²) < 4.78 is 0. The monoisotopic (exact) mass is 512 g/mol. The number of amides is 2. The standard InChI is InChI=1S/C27H32N4O2S.ClH/c32-25-19-24(21-10-3-1-4-11-21)28-14-7-8-16-31(17-9-15-29-25)26(33)18-23-20-34-27(30-23)22-12-5-2-6-13-22;/h1-6,10-13,20,24,28H,7-9,14-19H2,(H,29,32);1H. The molecule has 2 heterocycles. The molecule has 2 aromatic carbocycles. The summed E-state index contributed by atoms with van der Waals surface area (Å²) in [4.78, 5) is 32.2. The van der Waals surface area contributed by atoms with Crippen molar-refractivity contribution >= 4 is 35.6 Å². The molecule has 3 aromatic rings. The SMILES string of the molecule is Cl.O=C1CC(c2ccccc2)NCCCCN(C(=O)Cc2csc(-c3ccccc3)n2)CCCN1. The van der Waals surface area contributed by atoms with Crippen LogP contribution in [-0.2, 0) is 16.0 Å². The molecule has 6 nitrogen and oxygen atoms in total. The van der Waals surface area contributed by atoms with Gasteiger partial charge in [0.1, 0.15) is 5.01 Å². The lowest BCUT2D eigenvalue weighted by Gasteiger charge is -2.22. The Labute approximate surface area is 217 Å². The number of rotatable bonds is 4. The topological polar surface area (TPSA) is 74.3 Å². The number of carbonyl (C=O) groups is 2. The third kappa shape index (κ3) is 8.16. The predicted octanol–water partition coefficient (Wildman–Crippen LogP) is 4.62. The molecule has 0 radical (unpaired) electrons. The van der Waals surface area contributed by atoms with Crippen molar-refractivity contribution in [1.29, 1.82) is 0 Å². The molecule has 186 valence electrons. The highest BCUT2D eigenvalue weighted by Crippen LogP contribution is 2.24. The zero-order chi connectivity index (χ0) is 23.6. The molecule has 8 heteroatoms. The van der Waals surface area contributed by atoms with E-state index in [0.29, 0.717) is 25.9 Å². The van der Waals surface area contributed by atoms with Crippen LogP contribution in [0.2, 0.25) is 0 Å². The van der Waals surface area contributed by atoms with E-state index in [1.807, 2.05) is 58.8 Å². The summed E-state index contributed by atoms with van der Waals surface area (Å²) >= 11 is 1.57. The van der Waals surface area contributed by atoms with Crippen LogP contribution in [0, 0.1) is 0 Å². The second kappa shape index (κ2) is 14.0. The van der Waals surface area contributed by atoms with Crippen LogP contribution in [0.3, 0.4) is 0 Å². The highest BCUT2D eigenvalue weighted by molar-refractivity contribution is 7.13. The first kappa shape index (κ1) is 26.9. The Hall–Kier alpha value is -2.74. The fourth-order valence-corrected chi connectivity index (χ4v) is 5.01. The molecular formula is C27H33ClN4O2S. The van der Waals surface area contributed by atoms with E-state index in [0.717, 1.165) is 54.2 Å². The van der Waals surface area contributed by atoms with Gasteiger partial charge in [-0.05, 0) is 31.4 Å². The largest absolute Gasteiger partial charge is 0.356 e. The first-order valence-electron chi connectivity index (χ1n) is 12.0. The van der Waals surface area contributed by atoms with Gasteiger partial charge in [0, 0.05) is 43.0 Å². The van der Waals surface area contributed by atoms with Gasteiger partial charge in [0.2, 0.25) is 11.8 Å². The van der Waals surface area contributed by atoms with Crippen molar-refractivity contribution in [2.45, 2.75) is 38.1 Å². The Kier molecular flexibility index (Phi) is 10.7. The molecule has 1 unspecified atom stereocenters. The van der Waals surface area contributed by atoms with Crippen molar-refractivity contribution in [2.75, 3.05) is 26.2 Å². The highest BCUT2D eigenvalue weighted by Gasteiger charge is 2.18. The Morgan fingerprint density at radius 1 is 0.971 bits per heavy atom. The Bertz CT molecular complexity index is 1060. The normalized spacial score (nSPS) is 17.8. The lowest BCUT2D eigenvalue weighted by atomic mass is 10.0. The van der Waals surface area contributed by atoms with E-state index in [1.54, 1.807) is 11.3 Å². The third-order valence-corrected chi connectivity index (χ3v) is 6.96. The van der Waals surface area contributed by atoms with E-state index >= 15 is 0 Å². The first-order chi connectivity index (χ1) is 16.7. The van der Waals surface area contributed by atoms with Crippen molar-refractivity contribution in [2.24, 2.45) is 0 Å². The Balaban J connectivity index is 0.00000342. The maximum atomic E-state index is 13.1. The predicted molar refractivity (Wildman–Crippen MR) is 144 cm³/mol. The molecule has 1 atom stereocenters. The van der Waals surface area contributed by atoms with Gasteiger partial charge in [0.05, 0.1) is 12.1 Å². The average molecular weight is 513 g/mol. The third-order valence-electron chi connectivity index (χ3n) is 6.02. The van der Waals surface area contributed by atoms with Gasteiger partial charge in [0.25, 0.3) is 0 Å². The van der Waals surface area contributed by atoms with Crippen molar-refractivity contribution in [3.05, 3.63) is 77.3 Å². The molecule has 1 aromatic heterocycles. The van der Waals surface area contributed by atoms with E-state index in [1.165, 1.54) is 0 Å². The summed E-state index contributed by atoms with van der Waals surface area (Å²) in [5.41, 5.74) is 3.02. The molecule has 2 amide bonds. The van der Waals surface area contributed by atoms with Gasteiger partial charge in [-0.15, -0.1) is 23.7 Å². The maximum Gasteiger partial charge on any atom is 0.228 e.